The Morgan fingerprint density at radius 2 is 1.43 bits per heavy atom. The zero-order chi connectivity index (χ0) is 20.5. The van der Waals surface area contributed by atoms with Crippen molar-refractivity contribution >= 4 is 11.7 Å². The SMILES string of the molecule is CCc1cccc(CC)c1NC(=O)NCCc1cc(OC)c(OC)cc1OC. The van der Waals surface area contributed by atoms with Crippen LogP contribution in [0.3, 0.4) is 0 Å². The van der Waals surface area contributed by atoms with Crippen LogP contribution in [0.4, 0.5) is 10.5 Å². The van der Waals surface area contributed by atoms with Gasteiger partial charge in [-0.15, -0.1) is 0 Å². The Labute approximate surface area is 167 Å². The molecule has 0 saturated heterocycles. The normalized spacial score (nSPS) is 10.3. The molecule has 6 nitrogen and oxygen atoms in total. The fraction of sp³-hybridized carbons (Fsp3) is 0.409. The van der Waals surface area contributed by atoms with Gasteiger partial charge in [0.05, 0.1) is 21.3 Å². The summed E-state index contributed by atoms with van der Waals surface area (Å²) < 4.78 is 16.1. The highest BCUT2D eigenvalue weighted by molar-refractivity contribution is 5.91. The predicted molar refractivity (Wildman–Crippen MR) is 112 cm³/mol. The van der Waals surface area contributed by atoms with E-state index in [1.165, 1.54) is 0 Å². The van der Waals surface area contributed by atoms with Gasteiger partial charge in [-0.3, -0.25) is 0 Å². The number of ether oxygens (including phenoxy) is 3. The van der Waals surface area contributed by atoms with Gasteiger partial charge in [0.1, 0.15) is 5.75 Å². The lowest BCUT2D eigenvalue weighted by Crippen LogP contribution is -2.31. The van der Waals surface area contributed by atoms with Crippen molar-refractivity contribution < 1.29 is 19.0 Å². The first-order valence-corrected chi connectivity index (χ1v) is 9.52. The molecule has 6 heteroatoms. The lowest BCUT2D eigenvalue weighted by atomic mass is 10.0. The number of amides is 2. The van der Waals surface area contributed by atoms with Crippen LogP contribution in [0.15, 0.2) is 30.3 Å². The lowest BCUT2D eigenvalue weighted by molar-refractivity contribution is 0.252. The molecule has 2 aromatic carbocycles. The predicted octanol–water partition coefficient (Wildman–Crippen LogP) is 4.20. The van der Waals surface area contributed by atoms with Crippen molar-refractivity contribution in [2.24, 2.45) is 0 Å². The fourth-order valence-corrected chi connectivity index (χ4v) is 3.16. The molecule has 2 rings (SSSR count). The second-order valence-electron chi connectivity index (χ2n) is 6.31. The quantitative estimate of drug-likeness (QED) is 0.678. The number of rotatable bonds is 9. The van der Waals surface area contributed by atoms with Crippen LogP contribution >= 0.6 is 0 Å². The summed E-state index contributed by atoms with van der Waals surface area (Å²) in [6, 6.07) is 9.57. The zero-order valence-corrected chi connectivity index (χ0v) is 17.3. The third-order valence-corrected chi connectivity index (χ3v) is 4.70. The van der Waals surface area contributed by atoms with Crippen LogP contribution in [-0.4, -0.2) is 33.9 Å². The van der Waals surface area contributed by atoms with Gasteiger partial charge in [0.25, 0.3) is 0 Å². The van der Waals surface area contributed by atoms with Crippen LogP contribution < -0.4 is 24.8 Å². The van der Waals surface area contributed by atoms with Gasteiger partial charge in [0.2, 0.25) is 0 Å². The number of benzene rings is 2. The van der Waals surface area contributed by atoms with Crippen LogP contribution in [0.25, 0.3) is 0 Å². The number of methoxy groups -OCH3 is 3. The highest BCUT2D eigenvalue weighted by Gasteiger charge is 2.13. The standard InChI is InChI=1S/C22H30N2O4/c1-6-15-9-8-10-16(7-2)21(15)24-22(25)23-12-11-17-13-19(27-4)20(28-5)14-18(17)26-3/h8-10,13-14H,6-7,11-12H2,1-5H3,(H2,23,24,25). The maximum atomic E-state index is 12.4. The summed E-state index contributed by atoms with van der Waals surface area (Å²) in [5.74, 6) is 1.94. The average molecular weight is 386 g/mol. The van der Waals surface area contributed by atoms with Gasteiger partial charge in [-0.1, -0.05) is 32.0 Å². The number of anilines is 1. The summed E-state index contributed by atoms with van der Waals surface area (Å²) in [4.78, 5) is 12.4. The van der Waals surface area contributed by atoms with Gasteiger partial charge in [-0.05, 0) is 42.0 Å². The van der Waals surface area contributed by atoms with E-state index >= 15 is 0 Å². The van der Waals surface area contributed by atoms with Gasteiger partial charge in [-0.2, -0.15) is 0 Å². The van der Waals surface area contributed by atoms with Gasteiger partial charge < -0.3 is 24.8 Å². The number of carbonyl (C=O) groups excluding carboxylic acids is 1. The van der Waals surface area contributed by atoms with Crippen LogP contribution in [0.1, 0.15) is 30.5 Å². The maximum Gasteiger partial charge on any atom is 0.319 e. The highest BCUT2D eigenvalue weighted by atomic mass is 16.5. The number of urea groups is 1. The first kappa shape index (κ1) is 21.4. The first-order valence-electron chi connectivity index (χ1n) is 9.52. The Hall–Kier alpha value is -2.89. The Morgan fingerprint density at radius 3 is 1.96 bits per heavy atom. The zero-order valence-electron chi connectivity index (χ0n) is 17.3. The van der Waals surface area contributed by atoms with Gasteiger partial charge in [-0.25, -0.2) is 4.79 Å². The number of hydrogen-bond donors (Lipinski definition) is 2. The summed E-state index contributed by atoms with van der Waals surface area (Å²) >= 11 is 0. The van der Waals surface area contributed by atoms with Crippen molar-refractivity contribution in [1.29, 1.82) is 0 Å². The van der Waals surface area contributed by atoms with E-state index in [2.05, 4.69) is 24.5 Å². The minimum atomic E-state index is -0.213. The number of nitrogens with one attached hydrogen (secondary N) is 2. The molecule has 0 bridgehead atoms. The van der Waals surface area contributed by atoms with E-state index in [-0.39, 0.29) is 6.03 Å². The van der Waals surface area contributed by atoms with Crippen molar-refractivity contribution in [2.45, 2.75) is 33.1 Å². The van der Waals surface area contributed by atoms with Crippen molar-refractivity contribution in [1.82, 2.24) is 5.32 Å². The van der Waals surface area contributed by atoms with Gasteiger partial charge in [0.15, 0.2) is 11.5 Å². The van der Waals surface area contributed by atoms with Crippen molar-refractivity contribution in [3.63, 3.8) is 0 Å². The number of aryl methyl sites for hydroxylation is 2. The minimum absolute atomic E-state index is 0.213. The summed E-state index contributed by atoms with van der Waals surface area (Å²) in [7, 11) is 4.79. The van der Waals surface area contributed by atoms with Crippen molar-refractivity contribution in [3.05, 3.63) is 47.0 Å². The van der Waals surface area contributed by atoms with E-state index in [4.69, 9.17) is 14.2 Å². The lowest BCUT2D eigenvalue weighted by Gasteiger charge is -2.16. The van der Waals surface area contributed by atoms with E-state index in [9.17, 15) is 4.79 Å². The number of hydrogen-bond acceptors (Lipinski definition) is 4. The van der Waals surface area contributed by atoms with E-state index in [0.717, 1.165) is 35.2 Å². The molecule has 152 valence electrons. The second-order valence-corrected chi connectivity index (χ2v) is 6.31. The molecule has 2 amide bonds. The van der Waals surface area contributed by atoms with E-state index in [1.54, 1.807) is 27.4 Å². The summed E-state index contributed by atoms with van der Waals surface area (Å²) in [5.41, 5.74) is 4.12. The molecule has 2 N–H and O–H groups in total. The van der Waals surface area contributed by atoms with Crippen molar-refractivity contribution in [2.75, 3.05) is 33.2 Å². The molecule has 0 aliphatic heterocycles. The molecule has 0 unspecified atom stereocenters. The topological polar surface area (TPSA) is 68.8 Å². The summed E-state index contributed by atoms with van der Waals surface area (Å²) in [5, 5.41) is 5.93. The van der Waals surface area contributed by atoms with Crippen LogP contribution in [0, 0.1) is 0 Å². The van der Waals surface area contributed by atoms with Gasteiger partial charge >= 0.3 is 6.03 Å². The maximum absolute atomic E-state index is 12.4. The largest absolute Gasteiger partial charge is 0.496 e. The molecule has 0 fully saturated rings. The Balaban J connectivity index is 2.03. The summed E-state index contributed by atoms with van der Waals surface area (Å²) in [6.07, 6.45) is 2.34. The average Bonchev–Trinajstić information content (AvgIpc) is 2.73. The van der Waals surface area contributed by atoms with E-state index in [1.807, 2.05) is 24.3 Å². The van der Waals surface area contributed by atoms with Crippen LogP contribution in [-0.2, 0) is 19.3 Å². The first-order chi connectivity index (χ1) is 13.6. The molecule has 0 radical (unpaired) electrons. The number of carbonyl (C=O) groups is 1. The van der Waals surface area contributed by atoms with Crippen LogP contribution in [0.5, 0.6) is 17.2 Å². The Bertz CT molecular complexity index is 783. The minimum Gasteiger partial charge on any atom is -0.496 e. The second kappa shape index (κ2) is 10.4. The Morgan fingerprint density at radius 1 is 0.857 bits per heavy atom. The third kappa shape index (κ3) is 5.09. The smallest absolute Gasteiger partial charge is 0.319 e. The summed E-state index contributed by atoms with van der Waals surface area (Å²) in [6.45, 7) is 4.63. The third-order valence-electron chi connectivity index (χ3n) is 4.70. The fourth-order valence-electron chi connectivity index (χ4n) is 3.16. The molecule has 2 aromatic rings. The molecule has 0 spiro atoms. The molecule has 0 aliphatic rings. The molecule has 0 aliphatic carbocycles. The number of para-hydroxylation sites is 1. The monoisotopic (exact) mass is 386 g/mol. The molecule has 0 aromatic heterocycles. The molecule has 0 heterocycles. The molecular formula is C22H30N2O4. The highest BCUT2D eigenvalue weighted by Crippen LogP contribution is 2.34. The molecule has 28 heavy (non-hydrogen) atoms. The van der Waals surface area contributed by atoms with Crippen LogP contribution in [0.2, 0.25) is 0 Å². The van der Waals surface area contributed by atoms with Crippen molar-refractivity contribution in [3.8, 4) is 17.2 Å². The van der Waals surface area contributed by atoms with E-state index in [0.29, 0.717) is 30.2 Å². The van der Waals surface area contributed by atoms with E-state index < -0.39 is 0 Å². The molecule has 0 saturated carbocycles. The Kier molecular flexibility index (Phi) is 7.99. The van der Waals surface area contributed by atoms with Gasteiger partial charge in [0, 0.05) is 18.3 Å². The molecule has 0 atom stereocenters. The molecular weight excluding hydrogens is 356 g/mol.